The van der Waals surface area contributed by atoms with E-state index >= 15 is 0 Å². The van der Waals surface area contributed by atoms with Crippen LogP contribution in [0.4, 0.5) is 0 Å². The quantitative estimate of drug-likeness (QED) is 0.925. The van der Waals surface area contributed by atoms with Gasteiger partial charge in [0.05, 0.1) is 18.8 Å². The molecule has 1 saturated carbocycles. The SMILES string of the molecule is O=C(O)c1ccc(OC2CCCCC2N2CCOCC2)cc1. The molecule has 5 nitrogen and oxygen atoms in total. The molecular weight excluding hydrogens is 282 g/mol. The summed E-state index contributed by atoms with van der Waals surface area (Å²) in [5.74, 6) is -0.148. The second-order valence-electron chi connectivity index (χ2n) is 5.99. The third-order valence-corrected chi connectivity index (χ3v) is 4.57. The van der Waals surface area contributed by atoms with Gasteiger partial charge in [-0.1, -0.05) is 6.42 Å². The average molecular weight is 305 g/mol. The van der Waals surface area contributed by atoms with Crippen LogP contribution in [0.3, 0.4) is 0 Å². The zero-order chi connectivity index (χ0) is 15.4. The van der Waals surface area contributed by atoms with E-state index in [1.165, 1.54) is 12.8 Å². The van der Waals surface area contributed by atoms with Crippen LogP contribution in [0.1, 0.15) is 36.0 Å². The van der Waals surface area contributed by atoms with Gasteiger partial charge in [-0.15, -0.1) is 0 Å². The first-order valence-corrected chi connectivity index (χ1v) is 8.06. The molecule has 2 unspecified atom stereocenters. The van der Waals surface area contributed by atoms with Crippen LogP contribution in [0.15, 0.2) is 24.3 Å². The van der Waals surface area contributed by atoms with Gasteiger partial charge in [0.15, 0.2) is 0 Å². The molecule has 1 N–H and O–H groups in total. The maximum Gasteiger partial charge on any atom is 0.335 e. The van der Waals surface area contributed by atoms with Crippen molar-refractivity contribution in [1.82, 2.24) is 4.90 Å². The molecule has 120 valence electrons. The Morgan fingerprint density at radius 2 is 1.82 bits per heavy atom. The van der Waals surface area contributed by atoms with Crippen molar-refractivity contribution in [3.63, 3.8) is 0 Å². The number of hydrogen-bond donors (Lipinski definition) is 1. The number of morpholine rings is 1. The predicted octanol–water partition coefficient (Wildman–Crippen LogP) is 2.41. The van der Waals surface area contributed by atoms with Crippen LogP contribution in [0.25, 0.3) is 0 Å². The minimum atomic E-state index is -0.907. The van der Waals surface area contributed by atoms with E-state index in [0.29, 0.717) is 11.6 Å². The summed E-state index contributed by atoms with van der Waals surface area (Å²) in [4.78, 5) is 13.4. The van der Waals surface area contributed by atoms with Crippen LogP contribution < -0.4 is 4.74 Å². The molecule has 0 radical (unpaired) electrons. The van der Waals surface area contributed by atoms with Gasteiger partial charge in [-0.05, 0) is 43.5 Å². The third-order valence-electron chi connectivity index (χ3n) is 4.57. The van der Waals surface area contributed by atoms with Crippen LogP contribution in [-0.2, 0) is 4.74 Å². The minimum Gasteiger partial charge on any atom is -0.489 e. The summed E-state index contributed by atoms with van der Waals surface area (Å²) in [7, 11) is 0. The van der Waals surface area contributed by atoms with Gasteiger partial charge in [0.25, 0.3) is 0 Å². The van der Waals surface area contributed by atoms with Crippen LogP contribution in [0, 0.1) is 0 Å². The Morgan fingerprint density at radius 3 is 2.50 bits per heavy atom. The van der Waals surface area contributed by atoms with E-state index in [1.54, 1.807) is 24.3 Å². The summed E-state index contributed by atoms with van der Waals surface area (Å²) in [5.41, 5.74) is 0.292. The van der Waals surface area contributed by atoms with Crippen LogP contribution in [-0.4, -0.2) is 54.4 Å². The van der Waals surface area contributed by atoms with Crippen molar-refractivity contribution in [1.29, 1.82) is 0 Å². The summed E-state index contributed by atoms with van der Waals surface area (Å²) >= 11 is 0. The second kappa shape index (κ2) is 7.11. The predicted molar refractivity (Wildman–Crippen MR) is 82.5 cm³/mol. The molecule has 1 aromatic carbocycles. The normalized spacial score (nSPS) is 26.5. The lowest BCUT2D eigenvalue weighted by Crippen LogP contribution is -2.52. The highest BCUT2D eigenvalue weighted by Gasteiger charge is 2.32. The van der Waals surface area contributed by atoms with Crippen molar-refractivity contribution >= 4 is 5.97 Å². The first-order chi connectivity index (χ1) is 10.7. The van der Waals surface area contributed by atoms with Gasteiger partial charge in [0, 0.05) is 19.1 Å². The van der Waals surface area contributed by atoms with Crippen LogP contribution >= 0.6 is 0 Å². The van der Waals surface area contributed by atoms with Gasteiger partial charge in [-0.2, -0.15) is 0 Å². The van der Waals surface area contributed by atoms with Gasteiger partial charge in [-0.3, -0.25) is 4.90 Å². The number of nitrogens with zero attached hydrogens (tertiary/aromatic N) is 1. The molecule has 0 aromatic heterocycles. The zero-order valence-electron chi connectivity index (χ0n) is 12.7. The highest BCUT2D eigenvalue weighted by molar-refractivity contribution is 5.87. The number of benzene rings is 1. The first kappa shape index (κ1) is 15.3. The van der Waals surface area contributed by atoms with E-state index in [9.17, 15) is 4.79 Å². The molecule has 22 heavy (non-hydrogen) atoms. The number of carboxylic acid groups (broad SMARTS) is 1. The van der Waals surface area contributed by atoms with Crippen molar-refractivity contribution in [2.24, 2.45) is 0 Å². The number of hydrogen-bond acceptors (Lipinski definition) is 4. The topological polar surface area (TPSA) is 59.0 Å². The van der Waals surface area contributed by atoms with Gasteiger partial charge < -0.3 is 14.6 Å². The molecule has 2 aliphatic rings. The molecule has 2 fully saturated rings. The maximum atomic E-state index is 10.9. The Hall–Kier alpha value is -1.59. The smallest absolute Gasteiger partial charge is 0.335 e. The lowest BCUT2D eigenvalue weighted by atomic mass is 9.91. The van der Waals surface area contributed by atoms with E-state index < -0.39 is 5.97 Å². The molecule has 1 aliphatic heterocycles. The summed E-state index contributed by atoms with van der Waals surface area (Å²) in [5, 5.41) is 8.95. The Morgan fingerprint density at radius 1 is 1.14 bits per heavy atom. The van der Waals surface area contributed by atoms with E-state index in [-0.39, 0.29) is 6.10 Å². The summed E-state index contributed by atoms with van der Waals surface area (Å²) in [6.45, 7) is 3.55. The maximum absolute atomic E-state index is 10.9. The second-order valence-corrected chi connectivity index (χ2v) is 5.99. The lowest BCUT2D eigenvalue weighted by molar-refractivity contribution is -0.0281. The van der Waals surface area contributed by atoms with Crippen LogP contribution in [0.5, 0.6) is 5.75 Å². The average Bonchev–Trinajstić information content (AvgIpc) is 2.57. The third kappa shape index (κ3) is 3.59. The highest BCUT2D eigenvalue weighted by Crippen LogP contribution is 2.28. The van der Waals surface area contributed by atoms with E-state index in [4.69, 9.17) is 14.6 Å². The molecule has 0 amide bonds. The van der Waals surface area contributed by atoms with E-state index in [1.807, 2.05) is 0 Å². The number of carboxylic acids is 1. The van der Waals surface area contributed by atoms with Crippen molar-refractivity contribution in [2.45, 2.75) is 37.8 Å². The van der Waals surface area contributed by atoms with Gasteiger partial charge in [0.1, 0.15) is 11.9 Å². The van der Waals surface area contributed by atoms with Gasteiger partial charge in [0.2, 0.25) is 0 Å². The number of rotatable bonds is 4. The largest absolute Gasteiger partial charge is 0.489 e. The molecule has 0 spiro atoms. The highest BCUT2D eigenvalue weighted by atomic mass is 16.5. The molecular formula is C17H23NO4. The van der Waals surface area contributed by atoms with Gasteiger partial charge in [-0.25, -0.2) is 4.79 Å². The molecule has 1 saturated heterocycles. The number of ether oxygens (including phenoxy) is 2. The Kier molecular flexibility index (Phi) is 4.95. The Bertz CT molecular complexity index is 496. The summed E-state index contributed by atoms with van der Waals surface area (Å²) in [6.07, 6.45) is 4.85. The Balaban J connectivity index is 1.66. The van der Waals surface area contributed by atoms with Gasteiger partial charge >= 0.3 is 5.97 Å². The molecule has 1 aromatic rings. The van der Waals surface area contributed by atoms with Crippen molar-refractivity contribution < 1.29 is 19.4 Å². The van der Waals surface area contributed by atoms with Crippen molar-refractivity contribution in [2.75, 3.05) is 26.3 Å². The molecule has 1 aliphatic carbocycles. The van der Waals surface area contributed by atoms with Crippen molar-refractivity contribution in [3.8, 4) is 5.75 Å². The fourth-order valence-corrected chi connectivity index (χ4v) is 3.39. The lowest BCUT2D eigenvalue weighted by Gasteiger charge is -2.41. The standard InChI is InChI=1S/C17H23NO4/c19-17(20)13-5-7-14(8-6-13)22-16-4-2-1-3-15(16)18-9-11-21-12-10-18/h5-8,15-16H,1-4,9-12H2,(H,19,20). The van der Waals surface area contributed by atoms with E-state index in [2.05, 4.69) is 4.90 Å². The number of carbonyl (C=O) groups is 1. The molecule has 0 bridgehead atoms. The molecule has 3 rings (SSSR count). The Labute approximate surface area is 130 Å². The fourth-order valence-electron chi connectivity index (χ4n) is 3.39. The van der Waals surface area contributed by atoms with Crippen LogP contribution in [0.2, 0.25) is 0 Å². The monoisotopic (exact) mass is 305 g/mol. The number of aromatic carboxylic acids is 1. The van der Waals surface area contributed by atoms with Crippen molar-refractivity contribution in [3.05, 3.63) is 29.8 Å². The minimum absolute atomic E-state index is 0.183. The summed E-state index contributed by atoms with van der Waals surface area (Å²) in [6, 6.07) is 7.16. The van der Waals surface area contributed by atoms with E-state index in [0.717, 1.165) is 44.9 Å². The molecule has 5 heteroatoms. The zero-order valence-corrected chi connectivity index (χ0v) is 12.7. The summed E-state index contributed by atoms with van der Waals surface area (Å²) < 4.78 is 11.6. The molecule has 2 atom stereocenters. The molecule has 1 heterocycles. The first-order valence-electron chi connectivity index (χ1n) is 8.06. The fraction of sp³-hybridized carbons (Fsp3) is 0.588.